The summed E-state index contributed by atoms with van der Waals surface area (Å²) >= 11 is 0. The number of amides is 1. The Kier molecular flexibility index (Phi) is 5.03. The lowest BCUT2D eigenvalue weighted by Crippen LogP contribution is -2.43. The Hall–Kier alpha value is -2.88. The van der Waals surface area contributed by atoms with Gasteiger partial charge in [0.05, 0.1) is 5.39 Å². The van der Waals surface area contributed by atoms with Crippen molar-refractivity contribution >= 4 is 16.7 Å². The third-order valence-electron chi connectivity index (χ3n) is 5.73. The molecule has 0 aliphatic carbocycles. The minimum Gasteiger partial charge on any atom is -0.416 e. The monoisotopic (exact) mass is 375 g/mol. The molecule has 4 nitrogen and oxygen atoms in total. The van der Waals surface area contributed by atoms with E-state index in [1.807, 2.05) is 54.3 Å². The van der Waals surface area contributed by atoms with Crippen LogP contribution in [0.4, 0.5) is 0 Å². The molecule has 1 aromatic heterocycles. The second kappa shape index (κ2) is 7.63. The molecule has 0 bridgehead atoms. The number of likely N-dealkylation sites (tertiary alicyclic amines) is 1. The maximum atomic E-state index is 13.5. The highest BCUT2D eigenvalue weighted by atomic mass is 16.4. The smallest absolute Gasteiger partial charge is 0.344 e. The molecule has 1 aliphatic rings. The van der Waals surface area contributed by atoms with Gasteiger partial charge < -0.3 is 9.32 Å². The fourth-order valence-electron chi connectivity index (χ4n) is 4.18. The second-order valence-corrected chi connectivity index (χ2v) is 7.56. The van der Waals surface area contributed by atoms with E-state index in [-0.39, 0.29) is 17.7 Å². The van der Waals surface area contributed by atoms with Crippen molar-refractivity contribution in [2.75, 3.05) is 6.54 Å². The van der Waals surface area contributed by atoms with E-state index >= 15 is 0 Å². The Balaban J connectivity index is 1.94. The van der Waals surface area contributed by atoms with Gasteiger partial charge in [0.15, 0.2) is 0 Å². The fraction of sp³-hybridized carbons (Fsp3) is 0.333. The van der Waals surface area contributed by atoms with Crippen LogP contribution in [0.1, 0.15) is 48.7 Å². The Labute approximate surface area is 164 Å². The van der Waals surface area contributed by atoms with E-state index in [0.29, 0.717) is 17.5 Å². The van der Waals surface area contributed by atoms with Crippen molar-refractivity contribution < 1.29 is 9.21 Å². The molecular formula is C24H25NO3. The first-order chi connectivity index (χ1) is 13.6. The maximum absolute atomic E-state index is 13.5. The van der Waals surface area contributed by atoms with Crippen molar-refractivity contribution in [3.63, 3.8) is 0 Å². The number of carbonyl (C=O) groups excluding carboxylic acids is 1. The fourth-order valence-corrected chi connectivity index (χ4v) is 4.18. The summed E-state index contributed by atoms with van der Waals surface area (Å²) in [6.07, 6.45) is 4.03. The molecule has 4 heteroatoms. The van der Waals surface area contributed by atoms with Gasteiger partial charge in [-0.3, -0.25) is 4.79 Å². The first-order valence-corrected chi connectivity index (χ1v) is 10.0. The summed E-state index contributed by atoms with van der Waals surface area (Å²) < 4.78 is 5.67. The second-order valence-electron chi connectivity index (χ2n) is 7.56. The van der Waals surface area contributed by atoms with E-state index in [0.717, 1.165) is 42.2 Å². The summed E-state index contributed by atoms with van der Waals surface area (Å²) in [6.45, 7) is 4.84. The molecule has 0 saturated carbocycles. The standard InChI is InChI=1S/C24H25NO3/c1-3-18-8-6-7-15-25(18)23(26)22-21(17-13-11-16(2)12-14-17)19-9-4-5-10-20(19)24(27)28-22/h4-5,9-14,18H,3,6-8,15H2,1-2H3. The number of rotatable bonds is 3. The first-order valence-electron chi connectivity index (χ1n) is 10.0. The molecule has 4 rings (SSSR count). The minimum atomic E-state index is -0.458. The zero-order valence-corrected chi connectivity index (χ0v) is 16.4. The molecule has 2 heterocycles. The van der Waals surface area contributed by atoms with Crippen LogP contribution in [0.5, 0.6) is 0 Å². The third-order valence-corrected chi connectivity index (χ3v) is 5.73. The molecule has 1 atom stereocenters. The van der Waals surface area contributed by atoms with Crippen LogP contribution >= 0.6 is 0 Å². The molecular weight excluding hydrogens is 350 g/mol. The minimum absolute atomic E-state index is 0.160. The van der Waals surface area contributed by atoms with E-state index in [9.17, 15) is 9.59 Å². The molecule has 1 fully saturated rings. The molecule has 1 aliphatic heterocycles. The number of carbonyl (C=O) groups is 1. The van der Waals surface area contributed by atoms with Crippen LogP contribution in [-0.4, -0.2) is 23.4 Å². The van der Waals surface area contributed by atoms with Crippen LogP contribution in [0.15, 0.2) is 57.7 Å². The molecule has 1 amide bonds. The van der Waals surface area contributed by atoms with E-state index < -0.39 is 5.63 Å². The van der Waals surface area contributed by atoms with E-state index in [2.05, 4.69) is 6.92 Å². The number of nitrogens with zero attached hydrogens (tertiary/aromatic N) is 1. The van der Waals surface area contributed by atoms with Gasteiger partial charge in [-0.2, -0.15) is 0 Å². The highest BCUT2D eigenvalue weighted by Gasteiger charge is 2.31. The van der Waals surface area contributed by atoms with Gasteiger partial charge in [-0.15, -0.1) is 0 Å². The van der Waals surface area contributed by atoms with Crippen LogP contribution < -0.4 is 5.63 Å². The molecule has 0 spiro atoms. The Morgan fingerprint density at radius 3 is 2.50 bits per heavy atom. The number of aryl methyl sites for hydroxylation is 1. The largest absolute Gasteiger partial charge is 0.416 e. The van der Waals surface area contributed by atoms with Gasteiger partial charge in [-0.1, -0.05) is 55.0 Å². The SMILES string of the molecule is CCC1CCCCN1C(=O)c1oc(=O)c2ccccc2c1-c1ccc(C)cc1. The summed E-state index contributed by atoms with van der Waals surface area (Å²) in [5.74, 6) is -0.0159. The van der Waals surface area contributed by atoms with Crippen LogP contribution in [0.3, 0.4) is 0 Å². The normalized spacial score (nSPS) is 17.1. The summed E-state index contributed by atoms with van der Waals surface area (Å²) in [7, 11) is 0. The van der Waals surface area contributed by atoms with E-state index in [1.54, 1.807) is 6.07 Å². The average Bonchev–Trinajstić information content (AvgIpc) is 2.74. The highest BCUT2D eigenvalue weighted by Crippen LogP contribution is 2.33. The number of hydrogen-bond donors (Lipinski definition) is 0. The molecule has 1 unspecified atom stereocenters. The Bertz CT molecular complexity index is 1070. The topological polar surface area (TPSA) is 50.5 Å². The molecule has 28 heavy (non-hydrogen) atoms. The van der Waals surface area contributed by atoms with Gasteiger partial charge >= 0.3 is 5.63 Å². The van der Waals surface area contributed by atoms with Crippen molar-refractivity contribution in [1.29, 1.82) is 0 Å². The Morgan fingerprint density at radius 1 is 1.07 bits per heavy atom. The predicted molar refractivity (Wildman–Crippen MR) is 112 cm³/mol. The van der Waals surface area contributed by atoms with Crippen LogP contribution in [-0.2, 0) is 0 Å². The lowest BCUT2D eigenvalue weighted by Gasteiger charge is -2.35. The molecule has 144 valence electrons. The van der Waals surface area contributed by atoms with Gasteiger partial charge in [-0.25, -0.2) is 4.79 Å². The quantitative estimate of drug-likeness (QED) is 0.634. The van der Waals surface area contributed by atoms with Gasteiger partial charge in [-0.05, 0) is 44.2 Å². The van der Waals surface area contributed by atoms with Gasteiger partial charge in [0.2, 0.25) is 5.76 Å². The first kappa shape index (κ1) is 18.5. The highest BCUT2D eigenvalue weighted by molar-refractivity contribution is 6.07. The summed E-state index contributed by atoms with van der Waals surface area (Å²) in [5.41, 5.74) is 2.28. The molecule has 1 saturated heterocycles. The Morgan fingerprint density at radius 2 is 1.79 bits per heavy atom. The van der Waals surface area contributed by atoms with Gasteiger partial charge in [0, 0.05) is 23.5 Å². The summed E-state index contributed by atoms with van der Waals surface area (Å²) in [4.78, 5) is 28.1. The number of fused-ring (bicyclic) bond motifs is 1. The third kappa shape index (κ3) is 3.24. The van der Waals surface area contributed by atoms with Crippen molar-refractivity contribution in [1.82, 2.24) is 4.90 Å². The number of hydrogen-bond acceptors (Lipinski definition) is 3. The zero-order chi connectivity index (χ0) is 19.7. The van der Waals surface area contributed by atoms with Crippen molar-refractivity contribution in [2.45, 2.75) is 45.6 Å². The van der Waals surface area contributed by atoms with Gasteiger partial charge in [0.25, 0.3) is 5.91 Å². The lowest BCUT2D eigenvalue weighted by molar-refractivity contribution is 0.0572. The molecule has 0 N–H and O–H groups in total. The predicted octanol–water partition coefficient (Wildman–Crippen LogP) is 5.17. The molecule has 3 aromatic rings. The van der Waals surface area contributed by atoms with Gasteiger partial charge in [0.1, 0.15) is 0 Å². The lowest BCUT2D eigenvalue weighted by atomic mass is 9.95. The van der Waals surface area contributed by atoms with Crippen LogP contribution in [0.2, 0.25) is 0 Å². The van der Waals surface area contributed by atoms with Crippen molar-refractivity contribution in [3.8, 4) is 11.1 Å². The average molecular weight is 375 g/mol. The maximum Gasteiger partial charge on any atom is 0.344 e. The van der Waals surface area contributed by atoms with E-state index in [1.165, 1.54) is 0 Å². The van der Waals surface area contributed by atoms with Crippen LogP contribution in [0.25, 0.3) is 21.9 Å². The molecule has 0 radical (unpaired) electrons. The summed E-state index contributed by atoms with van der Waals surface area (Å²) in [5, 5.41) is 1.26. The number of benzene rings is 2. The van der Waals surface area contributed by atoms with Crippen molar-refractivity contribution in [3.05, 3.63) is 70.3 Å². The summed E-state index contributed by atoms with van der Waals surface area (Å²) in [6, 6.07) is 15.6. The molecule has 2 aromatic carbocycles. The van der Waals surface area contributed by atoms with Crippen molar-refractivity contribution in [2.24, 2.45) is 0 Å². The van der Waals surface area contributed by atoms with Crippen LogP contribution in [0, 0.1) is 6.92 Å². The number of piperidine rings is 1. The zero-order valence-electron chi connectivity index (χ0n) is 16.4. The van der Waals surface area contributed by atoms with E-state index in [4.69, 9.17) is 4.42 Å².